The summed E-state index contributed by atoms with van der Waals surface area (Å²) in [5.41, 5.74) is 0. The monoisotopic (exact) mass is 683 g/mol. The molecule has 0 aliphatic carbocycles. The van der Waals surface area contributed by atoms with E-state index in [-0.39, 0.29) is 36.7 Å². The molecule has 0 spiro atoms. The van der Waals surface area contributed by atoms with Crippen molar-refractivity contribution in [2.24, 2.45) is 0 Å². The molecule has 2 N–H and O–H groups in total. The molecule has 8 heteroatoms. The van der Waals surface area contributed by atoms with Crippen LogP contribution >= 0.6 is 0 Å². The number of carboxylic acids is 1. The maximum absolute atomic E-state index is 10.9. The molecule has 2 fully saturated rings. The number of ether oxygens (including phenoxy) is 3. The smallest absolute Gasteiger partial charge is 0.870 e. The fraction of sp³-hybridized carbons (Fsp3) is 0.756. The van der Waals surface area contributed by atoms with Crippen molar-refractivity contribution in [3.05, 3.63) is 48.6 Å². The topological polar surface area (TPSA) is 119 Å². The van der Waals surface area contributed by atoms with Crippen molar-refractivity contribution in [2.75, 3.05) is 7.11 Å². The van der Waals surface area contributed by atoms with Crippen molar-refractivity contribution < 1.29 is 53.2 Å². The minimum atomic E-state index is -0.698. The predicted molar refractivity (Wildman–Crippen MR) is 198 cm³/mol. The van der Waals surface area contributed by atoms with Gasteiger partial charge in [0.15, 0.2) is 0 Å². The molecule has 0 aromatic rings. The molecular formula is C41H71LiO7. The first-order chi connectivity index (χ1) is 23.0. The van der Waals surface area contributed by atoms with E-state index < -0.39 is 5.97 Å². The second-order valence-electron chi connectivity index (χ2n) is 13.0. The summed E-state index contributed by atoms with van der Waals surface area (Å²) < 4.78 is 15.7. The molecule has 2 heterocycles. The summed E-state index contributed by atoms with van der Waals surface area (Å²) in [5, 5.41) is 8.52. The van der Waals surface area contributed by atoms with Crippen LogP contribution in [0.3, 0.4) is 0 Å². The summed E-state index contributed by atoms with van der Waals surface area (Å²) in [6, 6.07) is 0. The first-order valence-corrected chi connectivity index (χ1v) is 19.2. The first-order valence-electron chi connectivity index (χ1n) is 19.2. The van der Waals surface area contributed by atoms with Gasteiger partial charge in [-0.1, -0.05) is 75.3 Å². The molecule has 0 amide bonds. The van der Waals surface area contributed by atoms with Gasteiger partial charge in [-0.2, -0.15) is 0 Å². The van der Waals surface area contributed by atoms with Gasteiger partial charge in [-0.05, 0) is 128 Å². The normalized spacial score (nSPS) is 19.5. The fourth-order valence-corrected chi connectivity index (χ4v) is 5.63. The summed E-state index contributed by atoms with van der Waals surface area (Å²) in [6.07, 6.45) is 46.6. The molecule has 0 saturated carbocycles. The molecule has 0 aromatic heterocycles. The Balaban J connectivity index is 0. The van der Waals surface area contributed by atoms with Crippen LogP contribution in [0.2, 0.25) is 0 Å². The van der Waals surface area contributed by atoms with Gasteiger partial charge < -0.3 is 24.8 Å². The van der Waals surface area contributed by atoms with Crippen LogP contribution in [0.25, 0.3) is 0 Å². The van der Waals surface area contributed by atoms with E-state index in [0.29, 0.717) is 30.8 Å². The zero-order valence-corrected chi connectivity index (χ0v) is 31.8. The minimum absolute atomic E-state index is 0. The molecule has 4 unspecified atom stereocenters. The van der Waals surface area contributed by atoms with Crippen LogP contribution in [0.1, 0.15) is 168 Å². The Morgan fingerprint density at radius 2 is 0.837 bits per heavy atom. The molecule has 278 valence electrons. The Labute approximate surface area is 312 Å². The number of allylic oxidation sites excluding steroid dienone is 8. The fourth-order valence-electron chi connectivity index (χ4n) is 5.63. The van der Waals surface area contributed by atoms with Gasteiger partial charge >= 0.3 is 30.8 Å². The van der Waals surface area contributed by atoms with Crippen molar-refractivity contribution in [1.82, 2.24) is 0 Å². The van der Waals surface area contributed by atoms with Gasteiger partial charge in [-0.15, -0.1) is 0 Å². The SMILES string of the molecule is CCC1OC1CCCC/C=C\CCCC/C=C\CCCC(=O)O.CCC1OC1CCCC/C=C\CCCC/C=C\CCCC(=O)OC.[Li+].[OH-]. The minimum Gasteiger partial charge on any atom is -0.870 e. The molecule has 2 aliphatic heterocycles. The van der Waals surface area contributed by atoms with Crippen molar-refractivity contribution in [1.29, 1.82) is 0 Å². The van der Waals surface area contributed by atoms with Gasteiger partial charge in [-0.25, -0.2) is 0 Å². The Hall–Kier alpha value is -1.62. The van der Waals surface area contributed by atoms with Crippen LogP contribution in [0.4, 0.5) is 0 Å². The van der Waals surface area contributed by atoms with E-state index >= 15 is 0 Å². The Kier molecular flexibility index (Phi) is 36.5. The van der Waals surface area contributed by atoms with Crippen molar-refractivity contribution in [3.8, 4) is 0 Å². The predicted octanol–water partition coefficient (Wildman–Crippen LogP) is 8.22. The number of carboxylic acid groups (broad SMARTS) is 1. The number of methoxy groups -OCH3 is 1. The third kappa shape index (κ3) is 33.3. The number of unbranched alkanes of at least 4 members (excludes halogenated alkanes) is 12. The molecule has 0 radical (unpaired) electrons. The maximum atomic E-state index is 10.9. The van der Waals surface area contributed by atoms with Gasteiger partial charge in [-0.3, -0.25) is 9.59 Å². The Morgan fingerprint density at radius 3 is 1.12 bits per heavy atom. The summed E-state index contributed by atoms with van der Waals surface area (Å²) in [4.78, 5) is 21.3. The zero-order chi connectivity index (χ0) is 34.2. The van der Waals surface area contributed by atoms with Crippen LogP contribution in [-0.4, -0.2) is 54.0 Å². The second-order valence-corrected chi connectivity index (χ2v) is 13.0. The molecule has 2 aliphatic rings. The molecule has 2 rings (SSSR count). The number of aliphatic carboxylic acids is 1. The largest absolute Gasteiger partial charge is 1.00 e. The van der Waals surface area contributed by atoms with E-state index in [1.165, 1.54) is 110 Å². The van der Waals surface area contributed by atoms with Crippen LogP contribution < -0.4 is 18.9 Å². The summed E-state index contributed by atoms with van der Waals surface area (Å²) in [5.74, 6) is -0.808. The van der Waals surface area contributed by atoms with Gasteiger partial charge in [0.25, 0.3) is 0 Å². The van der Waals surface area contributed by atoms with Crippen LogP contribution in [0.15, 0.2) is 48.6 Å². The molecule has 7 nitrogen and oxygen atoms in total. The average molecular weight is 683 g/mol. The third-order valence-corrected chi connectivity index (χ3v) is 8.79. The maximum Gasteiger partial charge on any atom is 1.00 e. The van der Waals surface area contributed by atoms with Crippen LogP contribution in [0.5, 0.6) is 0 Å². The standard InChI is InChI=1S/C21H36O3.C20H34O3.Li.H2O/c1-3-19-20(24-19)17-15-13-11-9-7-5-4-6-8-10-12-14-16-18-21(22)23-2;1-2-18-19(23-18)16-14-12-10-8-6-4-3-5-7-9-11-13-15-17-20(21)22;;/h7,9-10,12,19-20H,3-6,8,11,13-18H2,1-2H3;6,8-9,11,18-19H,2-5,7,10,12-17H2,1H3,(H,21,22);;1H2/q;;+1;/p-1/b9-7-,12-10-;8-6-,11-9-;;. The van der Waals surface area contributed by atoms with Gasteiger partial charge in [0.2, 0.25) is 0 Å². The Bertz CT molecular complexity index is 885. The van der Waals surface area contributed by atoms with Gasteiger partial charge in [0.05, 0.1) is 31.5 Å². The van der Waals surface area contributed by atoms with Gasteiger partial charge in [0, 0.05) is 12.8 Å². The van der Waals surface area contributed by atoms with E-state index in [1.807, 2.05) is 0 Å². The number of carbonyl (C=O) groups excluding carboxylic acids is 1. The summed E-state index contributed by atoms with van der Waals surface area (Å²) in [6.45, 7) is 4.40. The average Bonchev–Trinajstić information content (AvgIpc) is 4.00. The van der Waals surface area contributed by atoms with Crippen molar-refractivity contribution in [2.45, 2.75) is 192 Å². The molecule has 2 saturated heterocycles. The number of carbonyl (C=O) groups is 2. The molecule has 0 bridgehead atoms. The summed E-state index contributed by atoms with van der Waals surface area (Å²) in [7, 11) is 1.44. The van der Waals surface area contributed by atoms with E-state index in [0.717, 1.165) is 38.5 Å². The summed E-state index contributed by atoms with van der Waals surface area (Å²) >= 11 is 0. The van der Waals surface area contributed by atoms with Crippen molar-refractivity contribution >= 4 is 11.9 Å². The molecule has 0 aromatic carbocycles. The number of hydrogen-bond donors (Lipinski definition) is 1. The van der Waals surface area contributed by atoms with Gasteiger partial charge in [0.1, 0.15) is 0 Å². The van der Waals surface area contributed by atoms with Crippen LogP contribution in [-0.2, 0) is 23.8 Å². The van der Waals surface area contributed by atoms with Crippen molar-refractivity contribution in [3.63, 3.8) is 0 Å². The first kappa shape index (κ1) is 49.5. The number of epoxide rings is 2. The number of hydrogen-bond acceptors (Lipinski definition) is 6. The Morgan fingerprint density at radius 1 is 0.531 bits per heavy atom. The third-order valence-electron chi connectivity index (χ3n) is 8.79. The van der Waals surface area contributed by atoms with E-state index in [9.17, 15) is 9.59 Å². The zero-order valence-electron chi connectivity index (χ0n) is 31.8. The number of esters is 1. The van der Waals surface area contributed by atoms with Crippen LogP contribution in [0, 0.1) is 0 Å². The quantitative estimate of drug-likeness (QED) is 0.0267. The van der Waals surface area contributed by atoms with E-state index in [4.69, 9.17) is 14.6 Å². The molecule has 49 heavy (non-hydrogen) atoms. The number of rotatable bonds is 30. The molecular weight excluding hydrogens is 611 g/mol. The van der Waals surface area contributed by atoms with E-state index in [2.05, 4.69) is 67.2 Å². The second kappa shape index (κ2) is 36.2. The van der Waals surface area contributed by atoms with E-state index in [1.54, 1.807) is 0 Å². The molecule has 4 atom stereocenters.